The maximum atomic E-state index is 5.72. The van der Waals surface area contributed by atoms with E-state index in [0.29, 0.717) is 5.92 Å². The van der Waals surface area contributed by atoms with E-state index in [1.807, 2.05) is 24.3 Å². The molecule has 3 heteroatoms. The number of imidazole rings is 1. The number of hydrogen-bond acceptors (Lipinski definition) is 2. The Kier molecular flexibility index (Phi) is 2.15. The van der Waals surface area contributed by atoms with Crippen LogP contribution in [0.3, 0.4) is 0 Å². The van der Waals surface area contributed by atoms with Gasteiger partial charge in [0.2, 0.25) is 0 Å². The predicted octanol–water partition coefficient (Wildman–Crippen LogP) is 3.46. The van der Waals surface area contributed by atoms with Crippen LogP contribution < -0.4 is 5.73 Å². The summed E-state index contributed by atoms with van der Waals surface area (Å²) in [6.07, 6.45) is 6.81. The Bertz CT molecular complexity index is 736. The smallest absolute Gasteiger partial charge is 0.137 e. The summed E-state index contributed by atoms with van der Waals surface area (Å²) in [6.45, 7) is 0. The molecule has 0 atom stereocenters. The van der Waals surface area contributed by atoms with Crippen molar-refractivity contribution in [3.63, 3.8) is 0 Å². The minimum atomic E-state index is 0.694. The average Bonchev–Trinajstić information content (AvgIpc) is 3.19. The molecule has 19 heavy (non-hydrogen) atoms. The van der Waals surface area contributed by atoms with Gasteiger partial charge in [0.05, 0.1) is 5.69 Å². The van der Waals surface area contributed by atoms with Gasteiger partial charge in [-0.2, -0.15) is 0 Å². The maximum Gasteiger partial charge on any atom is 0.137 e. The fourth-order valence-electron chi connectivity index (χ4n) is 2.43. The fourth-order valence-corrected chi connectivity index (χ4v) is 2.43. The molecule has 3 nitrogen and oxygen atoms in total. The molecule has 3 aromatic rings. The largest absolute Gasteiger partial charge is 0.399 e. The van der Waals surface area contributed by atoms with E-state index in [2.05, 4.69) is 28.9 Å². The topological polar surface area (TPSA) is 43.3 Å². The van der Waals surface area contributed by atoms with Crippen LogP contribution in [0.25, 0.3) is 16.8 Å². The van der Waals surface area contributed by atoms with Crippen LogP contribution in [0.1, 0.15) is 24.5 Å². The van der Waals surface area contributed by atoms with Crippen molar-refractivity contribution in [2.45, 2.75) is 18.8 Å². The summed E-state index contributed by atoms with van der Waals surface area (Å²) in [5.74, 6) is 0.694. The Balaban J connectivity index is 1.80. The molecule has 94 valence electrons. The Morgan fingerprint density at radius 2 is 1.84 bits per heavy atom. The third-order valence-corrected chi connectivity index (χ3v) is 3.72. The molecule has 1 saturated carbocycles. The lowest BCUT2D eigenvalue weighted by Gasteiger charge is -2.02. The van der Waals surface area contributed by atoms with Crippen LogP contribution >= 0.6 is 0 Å². The zero-order valence-corrected chi connectivity index (χ0v) is 10.6. The minimum absolute atomic E-state index is 0.694. The molecular formula is C16H15N3. The van der Waals surface area contributed by atoms with Gasteiger partial charge in [0.1, 0.15) is 5.65 Å². The molecule has 4 rings (SSSR count). The van der Waals surface area contributed by atoms with E-state index in [1.54, 1.807) is 0 Å². The lowest BCUT2D eigenvalue weighted by atomic mass is 10.1. The number of nitrogens with zero attached hydrogens (tertiary/aromatic N) is 2. The van der Waals surface area contributed by atoms with Crippen molar-refractivity contribution in [1.82, 2.24) is 9.38 Å². The molecule has 0 bridgehead atoms. The number of benzene rings is 1. The van der Waals surface area contributed by atoms with E-state index in [0.717, 1.165) is 11.3 Å². The summed E-state index contributed by atoms with van der Waals surface area (Å²) < 4.78 is 2.11. The van der Waals surface area contributed by atoms with Gasteiger partial charge in [-0.05, 0) is 48.2 Å². The summed E-state index contributed by atoms with van der Waals surface area (Å²) in [4.78, 5) is 4.72. The average molecular weight is 249 g/mol. The number of anilines is 1. The van der Waals surface area contributed by atoms with Crippen LogP contribution in [0.15, 0.2) is 48.8 Å². The van der Waals surface area contributed by atoms with Gasteiger partial charge in [0, 0.05) is 24.0 Å². The van der Waals surface area contributed by atoms with Crippen molar-refractivity contribution in [2.24, 2.45) is 0 Å². The van der Waals surface area contributed by atoms with Gasteiger partial charge < -0.3 is 10.1 Å². The first-order valence-electron chi connectivity index (χ1n) is 6.64. The van der Waals surface area contributed by atoms with Crippen molar-refractivity contribution in [3.05, 3.63) is 54.5 Å². The summed E-state index contributed by atoms with van der Waals surface area (Å²) in [5, 5.41) is 0. The van der Waals surface area contributed by atoms with Gasteiger partial charge in [-0.25, -0.2) is 4.98 Å². The highest BCUT2D eigenvalue weighted by molar-refractivity contribution is 5.69. The second kappa shape index (κ2) is 3.85. The van der Waals surface area contributed by atoms with Gasteiger partial charge in [-0.1, -0.05) is 12.1 Å². The van der Waals surface area contributed by atoms with Crippen LogP contribution in [-0.4, -0.2) is 9.38 Å². The van der Waals surface area contributed by atoms with Crippen molar-refractivity contribution < 1.29 is 0 Å². The van der Waals surface area contributed by atoms with E-state index in [1.165, 1.54) is 29.7 Å². The Morgan fingerprint density at radius 3 is 2.58 bits per heavy atom. The minimum Gasteiger partial charge on any atom is -0.399 e. The quantitative estimate of drug-likeness (QED) is 0.707. The third kappa shape index (κ3) is 1.87. The summed E-state index contributed by atoms with van der Waals surface area (Å²) >= 11 is 0. The maximum absolute atomic E-state index is 5.72. The van der Waals surface area contributed by atoms with E-state index < -0.39 is 0 Å². The molecular weight excluding hydrogens is 234 g/mol. The third-order valence-electron chi connectivity index (χ3n) is 3.72. The number of nitrogen functional groups attached to an aromatic ring is 1. The van der Waals surface area contributed by atoms with Crippen LogP contribution in [-0.2, 0) is 0 Å². The molecule has 0 spiro atoms. The SMILES string of the molecule is Nc1ccc(-c2ccn3cc(C4CC4)nc3c2)cc1. The molecule has 0 amide bonds. The molecule has 2 aromatic heterocycles. The van der Waals surface area contributed by atoms with Crippen molar-refractivity contribution >= 4 is 11.3 Å². The number of aromatic nitrogens is 2. The molecule has 0 aliphatic heterocycles. The van der Waals surface area contributed by atoms with Gasteiger partial charge in [0.15, 0.2) is 0 Å². The zero-order valence-electron chi connectivity index (χ0n) is 10.6. The molecule has 2 heterocycles. The highest BCUT2D eigenvalue weighted by Crippen LogP contribution is 2.39. The van der Waals surface area contributed by atoms with Crippen molar-refractivity contribution in [1.29, 1.82) is 0 Å². The van der Waals surface area contributed by atoms with Gasteiger partial charge in [-0.3, -0.25) is 0 Å². The number of pyridine rings is 1. The van der Waals surface area contributed by atoms with Crippen LogP contribution in [0, 0.1) is 0 Å². The molecule has 1 fully saturated rings. The second-order valence-electron chi connectivity index (χ2n) is 5.24. The molecule has 1 aromatic carbocycles. The molecule has 1 aliphatic rings. The lowest BCUT2D eigenvalue weighted by Crippen LogP contribution is -1.86. The second-order valence-corrected chi connectivity index (χ2v) is 5.24. The van der Waals surface area contributed by atoms with Gasteiger partial charge in [0.25, 0.3) is 0 Å². The first kappa shape index (κ1) is 10.6. The number of hydrogen-bond donors (Lipinski definition) is 1. The Morgan fingerprint density at radius 1 is 1.05 bits per heavy atom. The van der Waals surface area contributed by atoms with E-state index >= 15 is 0 Å². The highest BCUT2D eigenvalue weighted by Gasteiger charge is 2.26. The summed E-state index contributed by atoms with van der Waals surface area (Å²) in [7, 11) is 0. The Labute approximate surface area is 111 Å². The van der Waals surface area contributed by atoms with Crippen LogP contribution in [0.5, 0.6) is 0 Å². The predicted molar refractivity (Wildman–Crippen MR) is 77.0 cm³/mol. The van der Waals surface area contributed by atoms with Crippen molar-refractivity contribution in [3.8, 4) is 11.1 Å². The molecule has 0 unspecified atom stereocenters. The van der Waals surface area contributed by atoms with E-state index in [4.69, 9.17) is 10.7 Å². The molecule has 0 saturated heterocycles. The fraction of sp³-hybridized carbons (Fsp3) is 0.188. The van der Waals surface area contributed by atoms with Gasteiger partial charge in [-0.15, -0.1) is 0 Å². The lowest BCUT2D eigenvalue weighted by molar-refractivity contribution is 1.06. The first-order chi connectivity index (χ1) is 9.29. The highest BCUT2D eigenvalue weighted by atomic mass is 15.0. The summed E-state index contributed by atoms with van der Waals surface area (Å²) in [5.41, 5.74) is 11.1. The summed E-state index contributed by atoms with van der Waals surface area (Å²) in [6, 6.07) is 12.2. The first-order valence-corrected chi connectivity index (χ1v) is 6.64. The number of nitrogens with two attached hydrogens (primary N) is 1. The standard InChI is InChI=1S/C16H15N3/c17-14-5-3-11(4-6-14)13-7-8-19-10-15(12-1-2-12)18-16(19)9-13/h3-10,12H,1-2,17H2. The van der Waals surface area contributed by atoms with E-state index in [9.17, 15) is 0 Å². The number of fused-ring (bicyclic) bond motifs is 1. The normalized spacial score (nSPS) is 14.9. The molecule has 2 N–H and O–H groups in total. The Hall–Kier alpha value is -2.29. The van der Waals surface area contributed by atoms with Crippen LogP contribution in [0.4, 0.5) is 5.69 Å². The van der Waals surface area contributed by atoms with Crippen LogP contribution in [0.2, 0.25) is 0 Å². The van der Waals surface area contributed by atoms with Crippen molar-refractivity contribution in [2.75, 3.05) is 5.73 Å². The van der Waals surface area contributed by atoms with Gasteiger partial charge >= 0.3 is 0 Å². The monoisotopic (exact) mass is 249 g/mol. The van der Waals surface area contributed by atoms with E-state index in [-0.39, 0.29) is 0 Å². The zero-order chi connectivity index (χ0) is 12.8. The molecule has 0 radical (unpaired) electrons. The molecule has 1 aliphatic carbocycles. The number of rotatable bonds is 2.